The van der Waals surface area contributed by atoms with Crippen molar-refractivity contribution in [1.82, 2.24) is 15.6 Å². The summed E-state index contributed by atoms with van der Waals surface area (Å²) in [6, 6.07) is 14.3. The summed E-state index contributed by atoms with van der Waals surface area (Å²) >= 11 is 0. The topological polar surface area (TPSA) is 81.6 Å². The summed E-state index contributed by atoms with van der Waals surface area (Å²) in [6.07, 6.45) is 4.31. The van der Waals surface area contributed by atoms with Crippen molar-refractivity contribution in [2.24, 2.45) is 4.99 Å². The number of rotatable bonds is 6. The number of aromatic nitrogens is 1. The van der Waals surface area contributed by atoms with Crippen LogP contribution < -0.4 is 20.9 Å². The summed E-state index contributed by atoms with van der Waals surface area (Å²) in [5.74, 6) is 0.497. The quantitative estimate of drug-likeness (QED) is 0.327. The third-order valence-corrected chi connectivity index (χ3v) is 4.32. The van der Waals surface area contributed by atoms with E-state index in [-0.39, 0.29) is 36.4 Å². The average Bonchev–Trinajstić information content (AvgIpc) is 3.16. The number of anilines is 2. The van der Waals surface area contributed by atoms with Crippen LogP contribution in [0, 0.1) is 0 Å². The summed E-state index contributed by atoms with van der Waals surface area (Å²) in [4.78, 5) is 22.8. The number of nitrogens with one attached hydrogen (secondary N) is 3. The predicted molar refractivity (Wildman–Crippen MR) is 124 cm³/mol. The van der Waals surface area contributed by atoms with Crippen molar-refractivity contribution in [2.45, 2.75) is 19.4 Å². The summed E-state index contributed by atoms with van der Waals surface area (Å²) in [5, 5.41) is 9.44. The van der Waals surface area contributed by atoms with Crippen molar-refractivity contribution < 1.29 is 4.79 Å². The number of para-hydroxylation sites is 1. The molecule has 8 heteroatoms. The van der Waals surface area contributed by atoms with Crippen molar-refractivity contribution >= 4 is 47.2 Å². The monoisotopic (exact) mass is 494 g/mol. The average molecular weight is 494 g/mol. The zero-order valence-corrected chi connectivity index (χ0v) is 18.3. The molecule has 1 aliphatic heterocycles. The van der Waals surface area contributed by atoms with Crippen LogP contribution in [0.1, 0.15) is 13.3 Å². The van der Waals surface area contributed by atoms with Crippen LogP contribution in [-0.2, 0) is 4.79 Å². The molecule has 1 fully saturated rings. The van der Waals surface area contributed by atoms with E-state index in [1.807, 2.05) is 13.0 Å². The molecule has 1 atom stereocenters. The van der Waals surface area contributed by atoms with E-state index in [1.165, 1.54) is 5.69 Å². The van der Waals surface area contributed by atoms with Crippen molar-refractivity contribution in [1.29, 1.82) is 0 Å². The van der Waals surface area contributed by atoms with Crippen LogP contribution in [0.3, 0.4) is 0 Å². The highest BCUT2D eigenvalue weighted by molar-refractivity contribution is 14.0. The van der Waals surface area contributed by atoms with E-state index in [0.29, 0.717) is 17.7 Å². The number of hydrogen-bond donors (Lipinski definition) is 3. The second-order valence-electron chi connectivity index (χ2n) is 6.40. The Morgan fingerprint density at radius 2 is 2.07 bits per heavy atom. The van der Waals surface area contributed by atoms with E-state index in [4.69, 9.17) is 0 Å². The molecular formula is C20H27IN6O. The lowest BCUT2D eigenvalue weighted by Gasteiger charge is -2.20. The second-order valence-corrected chi connectivity index (χ2v) is 6.40. The maximum absolute atomic E-state index is 12.1. The predicted octanol–water partition coefficient (Wildman–Crippen LogP) is 2.47. The zero-order chi connectivity index (χ0) is 18.9. The molecule has 1 unspecified atom stereocenters. The normalized spacial score (nSPS) is 16.2. The molecule has 2 aromatic rings. The third-order valence-electron chi connectivity index (χ3n) is 4.32. The molecule has 28 heavy (non-hydrogen) atoms. The number of hydrogen-bond acceptors (Lipinski definition) is 4. The lowest BCUT2D eigenvalue weighted by molar-refractivity contribution is -0.114. The standard InChI is InChI=1S/C20H26N6O.HI/c1-2-22-20(23-14-19(27)24-16-7-6-11-21-13-16)25-17-10-12-26(15-17)18-8-4-3-5-9-18;/h3-9,11,13,17H,2,10,12,14-15H2,1H3,(H,24,27)(H2,22,23,25);1H. The molecule has 0 bridgehead atoms. The molecule has 3 N–H and O–H groups in total. The molecule has 0 radical (unpaired) electrons. The first kappa shape index (κ1) is 21.9. The number of benzene rings is 1. The Labute approximate surface area is 183 Å². The zero-order valence-electron chi connectivity index (χ0n) is 16.0. The van der Waals surface area contributed by atoms with Gasteiger partial charge in [0.05, 0.1) is 11.9 Å². The van der Waals surface area contributed by atoms with E-state index in [0.717, 1.165) is 26.1 Å². The third kappa shape index (κ3) is 6.66. The number of amides is 1. The van der Waals surface area contributed by atoms with Crippen molar-refractivity contribution in [2.75, 3.05) is 36.4 Å². The van der Waals surface area contributed by atoms with Crippen LogP contribution in [0.5, 0.6) is 0 Å². The number of pyridine rings is 1. The van der Waals surface area contributed by atoms with Crippen molar-refractivity contribution in [3.63, 3.8) is 0 Å². The molecule has 0 saturated carbocycles. The van der Waals surface area contributed by atoms with Gasteiger partial charge in [0.1, 0.15) is 6.54 Å². The fourth-order valence-corrected chi connectivity index (χ4v) is 3.05. The Balaban J connectivity index is 0.00000280. The van der Waals surface area contributed by atoms with Crippen LogP contribution in [0.25, 0.3) is 0 Å². The van der Waals surface area contributed by atoms with Gasteiger partial charge in [0.15, 0.2) is 5.96 Å². The van der Waals surface area contributed by atoms with Gasteiger partial charge in [-0.05, 0) is 37.6 Å². The Hall–Kier alpha value is -2.36. The molecule has 0 aliphatic carbocycles. The molecule has 1 aromatic carbocycles. The molecule has 1 saturated heterocycles. The SMILES string of the molecule is CCNC(=NCC(=O)Nc1cccnc1)NC1CCN(c2ccccc2)C1.I. The number of carbonyl (C=O) groups is 1. The van der Waals surface area contributed by atoms with E-state index in [2.05, 4.69) is 55.1 Å². The summed E-state index contributed by atoms with van der Waals surface area (Å²) in [7, 11) is 0. The number of carbonyl (C=O) groups excluding carboxylic acids is 1. The van der Waals surface area contributed by atoms with Gasteiger partial charge in [-0.15, -0.1) is 24.0 Å². The maximum Gasteiger partial charge on any atom is 0.246 e. The fourth-order valence-electron chi connectivity index (χ4n) is 3.05. The van der Waals surface area contributed by atoms with Crippen molar-refractivity contribution in [3.8, 4) is 0 Å². The molecule has 1 amide bonds. The van der Waals surface area contributed by atoms with Gasteiger partial charge in [0, 0.05) is 37.6 Å². The minimum absolute atomic E-state index is 0. The highest BCUT2D eigenvalue weighted by Crippen LogP contribution is 2.19. The molecule has 2 heterocycles. The molecular weight excluding hydrogens is 467 g/mol. The minimum Gasteiger partial charge on any atom is -0.369 e. The van der Waals surface area contributed by atoms with Crippen LogP contribution in [0.15, 0.2) is 59.9 Å². The molecule has 3 rings (SSSR count). The van der Waals surface area contributed by atoms with Gasteiger partial charge in [-0.3, -0.25) is 9.78 Å². The van der Waals surface area contributed by atoms with E-state index in [9.17, 15) is 4.79 Å². The molecule has 1 aliphatic rings. The summed E-state index contributed by atoms with van der Waals surface area (Å²) in [6.45, 7) is 4.72. The molecule has 150 valence electrons. The summed E-state index contributed by atoms with van der Waals surface area (Å²) in [5.41, 5.74) is 1.91. The largest absolute Gasteiger partial charge is 0.369 e. The lowest BCUT2D eigenvalue weighted by Crippen LogP contribution is -2.45. The highest BCUT2D eigenvalue weighted by Gasteiger charge is 2.23. The van der Waals surface area contributed by atoms with Gasteiger partial charge in [-0.1, -0.05) is 18.2 Å². The summed E-state index contributed by atoms with van der Waals surface area (Å²) < 4.78 is 0. The highest BCUT2D eigenvalue weighted by atomic mass is 127. The Morgan fingerprint density at radius 1 is 1.25 bits per heavy atom. The van der Waals surface area contributed by atoms with E-state index < -0.39 is 0 Å². The number of halogens is 1. The first-order chi connectivity index (χ1) is 13.2. The van der Waals surface area contributed by atoms with Gasteiger partial charge in [0.25, 0.3) is 0 Å². The first-order valence-electron chi connectivity index (χ1n) is 9.29. The molecule has 1 aromatic heterocycles. The van der Waals surface area contributed by atoms with Gasteiger partial charge in [-0.25, -0.2) is 4.99 Å². The minimum atomic E-state index is -0.169. The maximum atomic E-state index is 12.1. The Morgan fingerprint density at radius 3 is 2.79 bits per heavy atom. The van der Waals surface area contributed by atoms with Gasteiger partial charge >= 0.3 is 0 Å². The number of aliphatic imine (C=N–C) groups is 1. The van der Waals surface area contributed by atoms with E-state index >= 15 is 0 Å². The lowest BCUT2D eigenvalue weighted by atomic mass is 10.3. The second kappa shape index (κ2) is 11.5. The van der Waals surface area contributed by atoms with Crippen LogP contribution >= 0.6 is 24.0 Å². The molecule has 0 spiro atoms. The van der Waals surface area contributed by atoms with Crippen molar-refractivity contribution in [3.05, 3.63) is 54.9 Å². The van der Waals surface area contributed by atoms with Crippen LogP contribution in [0.2, 0.25) is 0 Å². The van der Waals surface area contributed by atoms with Gasteiger partial charge in [-0.2, -0.15) is 0 Å². The number of guanidine groups is 1. The Kier molecular flexibility index (Phi) is 8.99. The van der Waals surface area contributed by atoms with Crippen LogP contribution in [0.4, 0.5) is 11.4 Å². The molecule has 7 nitrogen and oxygen atoms in total. The van der Waals surface area contributed by atoms with E-state index in [1.54, 1.807) is 24.5 Å². The first-order valence-corrected chi connectivity index (χ1v) is 9.29. The fraction of sp³-hybridized carbons (Fsp3) is 0.350. The number of nitrogens with zero attached hydrogens (tertiary/aromatic N) is 3. The van der Waals surface area contributed by atoms with Crippen LogP contribution in [-0.4, -0.2) is 49.1 Å². The smallest absolute Gasteiger partial charge is 0.246 e. The van der Waals surface area contributed by atoms with Gasteiger partial charge < -0.3 is 20.9 Å². The Bertz CT molecular complexity index is 756. The van der Waals surface area contributed by atoms with Gasteiger partial charge in [0.2, 0.25) is 5.91 Å².